The number of hydrogen-bond donors (Lipinski definition) is 0. The molecule has 1 rings (SSSR count). The van der Waals surface area contributed by atoms with Crippen molar-refractivity contribution in [2.24, 2.45) is 5.92 Å². The summed E-state index contributed by atoms with van der Waals surface area (Å²) < 4.78 is 12.3. The van der Waals surface area contributed by atoms with Gasteiger partial charge in [0.25, 0.3) is 0 Å². The Balaban J connectivity index is 2.42. The van der Waals surface area contributed by atoms with Gasteiger partial charge in [-0.25, -0.2) is 0 Å². The highest BCUT2D eigenvalue weighted by Crippen LogP contribution is 2.17. The lowest BCUT2D eigenvalue weighted by atomic mass is 10.1. The maximum atomic E-state index is 12.3. The van der Waals surface area contributed by atoms with Gasteiger partial charge in [-0.05, 0) is 6.92 Å². The summed E-state index contributed by atoms with van der Waals surface area (Å²) in [4.78, 5) is 34.5. The molecule has 0 N–H and O–H groups in total. The standard InChI is InChI=1S/C10H14FNO3/c1-7(13)2-9(14)6-12-5-8(4-11)3-10(12)15/h8H,2-6H2,1H3/t8-/m1/s1. The normalized spacial score (nSPS) is 20.8. The lowest BCUT2D eigenvalue weighted by Crippen LogP contribution is -2.32. The highest BCUT2D eigenvalue weighted by molar-refractivity contribution is 6.00. The number of amides is 1. The molecule has 1 saturated heterocycles. The molecular formula is C10H14FNO3. The van der Waals surface area contributed by atoms with Crippen molar-refractivity contribution in [1.29, 1.82) is 0 Å². The monoisotopic (exact) mass is 215 g/mol. The minimum Gasteiger partial charge on any atom is -0.335 e. The second-order valence-corrected chi connectivity index (χ2v) is 3.92. The van der Waals surface area contributed by atoms with Crippen molar-refractivity contribution >= 4 is 17.5 Å². The van der Waals surface area contributed by atoms with Gasteiger partial charge in [0.05, 0.1) is 19.6 Å². The summed E-state index contributed by atoms with van der Waals surface area (Å²) in [6, 6.07) is 0. The van der Waals surface area contributed by atoms with Crippen LogP contribution in [-0.2, 0) is 14.4 Å². The molecule has 0 aromatic rings. The SMILES string of the molecule is CC(=O)CC(=O)CN1C[C@@H](CF)CC1=O. The zero-order valence-electron chi connectivity index (χ0n) is 8.66. The molecule has 1 heterocycles. The molecule has 84 valence electrons. The van der Waals surface area contributed by atoms with Crippen molar-refractivity contribution in [1.82, 2.24) is 4.90 Å². The van der Waals surface area contributed by atoms with Crippen LogP contribution in [0.3, 0.4) is 0 Å². The van der Waals surface area contributed by atoms with E-state index in [1.807, 2.05) is 0 Å². The average molecular weight is 215 g/mol. The minimum absolute atomic E-state index is 0.0606. The Bertz CT molecular complexity index is 290. The van der Waals surface area contributed by atoms with Crippen LogP contribution in [0.25, 0.3) is 0 Å². The molecule has 5 heteroatoms. The fraction of sp³-hybridized carbons (Fsp3) is 0.700. The number of likely N-dealkylation sites (tertiary alicyclic amines) is 1. The van der Waals surface area contributed by atoms with Crippen LogP contribution in [0.1, 0.15) is 19.8 Å². The summed E-state index contributed by atoms with van der Waals surface area (Å²) in [5, 5.41) is 0. The number of Topliss-reactive ketones (excluding diaryl/α,β-unsaturated/α-hetero) is 2. The van der Waals surface area contributed by atoms with E-state index in [-0.39, 0.29) is 42.8 Å². The van der Waals surface area contributed by atoms with Crippen molar-refractivity contribution in [3.05, 3.63) is 0 Å². The van der Waals surface area contributed by atoms with E-state index >= 15 is 0 Å². The van der Waals surface area contributed by atoms with Crippen LogP contribution in [0.2, 0.25) is 0 Å². The first-order valence-corrected chi connectivity index (χ1v) is 4.87. The van der Waals surface area contributed by atoms with Gasteiger partial charge in [0.2, 0.25) is 5.91 Å². The van der Waals surface area contributed by atoms with Crippen LogP contribution in [0.15, 0.2) is 0 Å². The van der Waals surface area contributed by atoms with Gasteiger partial charge in [-0.2, -0.15) is 0 Å². The smallest absolute Gasteiger partial charge is 0.223 e. The second kappa shape index (κ2) is 5.00. The molecule has 1 atom stereocenters. The molecule has 1 aliphatic rings. The van der Waals surface area contributed by atoms with Crippen LogP contribution < -0.4 is 0 Å². The van der Waals surface area contributed by atoms with Gasteiger partial charge in [0.15, 0.2) is 5.78 Å². The first-order chi connectivity index (χ1) is 7.02. The van der Waals surface area contributed by atoms with Crippen LogP contribution in [0.4, 0.5) is 4.39 Å². The van der Waals surface area contributed by atoms with Gasteiger partial charge < -0.3 is 4.90 Å². The van der Waals surface area contributed by atoms with E-state index in [1.165, 1.54) is 11.8 Å². The van der Waals surface area contributed by atoms with E-state index in [4.69, 9.17) is 0 Å². The Morgan fingerprint density at radius 2 is 2.20 bits per heavy atom. The Kier molecular flexibility index (Phi) is 3.94. The molecule has 1 amide bonds. The first-order valence-electron chi connectivity index (χ1n) is 4.87. The van der Waals surface area contributed by atoms with Crippen LogP contribution in [0, 0.1) is 5.92 Å². The molecule has 0 aliphatic carbocycles. The summed E-state index contributed by atoms with van der Waals surface area (Å²) >= 11 is 0. The van der Waals surface area contributed by atoms with Crippen molar-refractivity contribution < 1.29 is 18.8 Å². The molecule has 0 bridgehead atoms. The molecule has 15 heavy (non-hydrogen) atoms. The van der Waals surface area contributed by atoms with Crippen LogP contribution in [0.5, 0.6) is 0 Å². The summed E-state index contributed by atoms with van der Waals surface area (Å²) in [6.07, 6.45) is 0.0217. The lowest BCUT2D eigenvalue weighted by Gasteiger charge is -2.14. The van der Waals surface area contributed by atoms with E-state index in [2.05, 4.69) is 0 Å². The fourth-order valence-corrected chi connectivity index (χ4v) is 1.66. The van der Waals surface area contributed by atoms with Crippen molar-refractivity contribution in [3.8, 4) is 0 Å². The number of hydrogen-bond acceptors (Lipinski definition) is 3. The second-order valence-electron chi connectivity index (χ2n) is 3.92. The number of nitrogens with zero attached hydrogens (tertiary/aromatic N) is 1. The highest BCUT2D eigenvalue weighted by atomic mass is 19.1. The van der Waals surface area contributed by atoms with Crippen molar-refractivity contribution in [3.63, 3.8) is 0 Å². The third-order valence-corrected chi connectivity index (χ3v) is 2.33. The minimum atomic E-state index is -0.539. The number of rotatable bonds is 5. The van der Waals surface area contributed by atoms with E-state index in [1.54, 1.807) is 0 Å². The van der Waals surface area contributed by atoms with Crippen molar-refractivity contribution in [2.75, 3.05) is 19.8 Å². The van der Waals surface area contributed by atoms with E-state index in [0.29, 0.717) is 6.54 Å². The molecule has 1 fully saturated rings. The Hall–Kier alpha value is -1.26. The number of ketones is 2. The predicted octanol–water partition coefficient (Wildman–Crippen LogP) is 0.353. The number of alkyl halides is 1. The molecular weight excluding hydrogens is 201 g/mol. The van der Waals surface area contributed by atoms with Gasteiger partial charge in [-0.3, -0.25) is 18.8 Å². The zero-order chi connectivity index (χ0) is 11.4. The Morgan fingerprint density at radius 1 is 1.53 bits per heavy atom. The highest BCUT2D eigenvalue weighted by Gasteiger charge is 2.30. The van der Waals surface area contributed by atoms with Gasteiger partial charge in [0, 0.05) is 18.9 Å². The average Bonchev–Trinajstić information content (AvgIpc) is 2.46. The topological polar surface area (TPSA) is 54.5 Å². The Labute approximate surface area is 87.4 Å². The first kappa shape index (κ1) is 11.8. The van der Waals surface area contributed by atoms with Crippen LogP contribution >= 0.6 is 0 Å². The summed E-state index contributed by atoms with van der Waals surface area (Å²) in [5.41, 5.74) is 0. The van der Waals surface area contributed by atoms with E-state index in [0.717, 1.165) is 0 Å². The van der Waals surface area contributed by atoms with Gasteiger partial charge in [0.1, 0.15) is 5.78 Å². The molecule has 1 aliphatic heterocycles. The van der Waals surface area contributed by atoms with Gasteiger partial charge >= 0.3 is 0 Å². The predicted molar refractivity (Wildman–Crippen MR) is 51.0 cm³/mol. The maximum Gasteiger partial charge on any atom is 0.223 e. The van der Waals surface area contributed by atoms with Crippen LogP contribution in [-0.4, -0.2) is 42.1 Å². The maximum absolute atomic E-state index is 12.3. The molecule has 0 spiro atoms. The summed E-state index contributed by atoms with van der Waals surface area (Å²) in [5.74, 6) is -0.985. The molecule has 0 radical (unpaired) electrons. The summed E-state index contributed by atoms with van der Waals surface area (Å²) in [6.45, 7) is 1.02. The van der Waals surface area contributed by atoms with Gasteiger partial charge in [-0.15, -0.1) is 0 Å². The van der Waals surface area contributed by atoms with Crippen molar-refractivity contribution in [2.45, 2.75) is 19.8 Å². The Morgan fingerprint density at radius 3 is 2.67 bits per heavy atom. The number of halogens is 1. The molecule has 0 unspecified atom stereocenters. The van der Waals surface area contributed by atoms with E-state index < -0.39 is 6.67 Å². The van der Waals surface area contributed by atoms with Gasteiger partial charge in [-0.1, -0.05) is 0 Å². The molecule has 0 saturated carbocycles. The molecule has 0 aromatic heterocycles. The lowest BCUT2D eigenvalue weighted by molar-refractivity contribution is -0.134. The molecule has 4 nitrogen and oxygen atoms in total. The van der Waals surface area contributed by atoms with E-state index in [9.17, 15) is 18.8 Å². The molecule has 0 aromatic carbocycles. The number of carbonyl (C=O) groups excluding carboxylic acids is 3. The number of carbonyl (C=O) groups is 3. The fourth-order valence-electron chi connectivity index (χ4n) is 1.66. The third-order valence-electron chi connectivity index (χ3n) is 2.33. The summed E-state index contributed by atoms with van der Waals surface area (Å²) in [7, 11) is 0. The quantitative estimate of drug-likeness (QED) is 0.622. The largest absolute Gasteiger partial charge is 0.335 e. The third kappa shape index (κ3) is 3.42. The zero-order valence-corrected chi connectivity index (χ0v) is 8.66.